The number of nitrogens with zero attached hydrogens (tertiary/aromatic N) is 4. The maximum absolute atomic E-state index is 13.9. The van der Waals surface area contributed by atoms with Gasteiger partial charge in [0.15, 0.2) is 0 Å². The van der Waals surface area contributed by atoms with Crippen LogP contribution in [0.15, 0.2) is 6.20 Å². The summed E-state index contributed by atoms with van der Waals surface area (Å²) in [4.78, 5) is 14.3. The third-order valence-electron chi connectivity index (χ3n) is 4.56. The topological polar surface area (TPSA) is 75.0 Å². The van der Waals surface area contributed by atoms with Gasteiger partial charge in [0.1, 0.15) is 5.82 Å². The van der Waals surface area contributed by atoms with E-state index in [0.29, 0.717) is 36.8 Å². The van der Waals surface area contributed by atoms with Crippen LogP contribution in [0.4, 0.5) is 10.2 Å². The lowest BCUT2D eigenvalue weighted by Crippen LogP contribution is -2.31. The predicted octanol–water partition coefficient (Wildman–Crippen LogP) is 1.64. The summed E-state index contributed by atoms with van der Waals surface area (Å²) >= 11 is 0. The van der Waals surface area contributed by atoms with Crippen molar-refractivity contribution < 1.29 is 9.13 Å². The minimum absolute atomic E-state index is 0.0402. The van der Waals surface area contributed by atoms with Gasteiger partial charge in [-0.05, 0) is 19.4 Å². The molecule has 1 saturated heterocycles. The van der Waals surface area contributed by atoms with Crippen LogP contribution in [0.2, 0.25) is 0 Å². The molecule has 2 aromatic rings. The van der Waals surface area contributed by atoms with Crippen LogP contribution < -0.4 is 4.90 Å². The van der Waals surface area contributed by atoms with Gasteiger partial charge >= 0.3 is 6.08 Å². The number of nitrogens with one attached hydrogen (secondary N) is 1. The molecular formula is C15H16FN5O. The number of halogens is 1. The molecule has 6 nitrogen and oxygen atoms in total. The van der Waals surface area contributed by atoms with Crippen LogP contribution >= 0.6 is 0 Å². The molecule has 114 valence electrons. The first-order valence-corrected chi connectivity index (χ1v) is 7.30. The first-order valence-electron chi connectivity index (χ1n) is 7.30. The fourth-order valence-corrected chi connectivity index (χ4v) is 3.10. The second kappa shape index (κ2) is 4.67. The molecule has 1 aliphatic carbocycles. The average molecular weight is 301 g/mol. The summed E-state index contributed by atoms with van der Waals surface area (Å²) in [7, 11) is 0. The summed E-state index contributed by atoms with van der Waals surface area (Å²) < 4.78 is 19.5. The summed E-state index contributed by atoms with van der Waals surface area (Å²) in [6.45, 7) is 5.45. The second-order valence-electron chi connectivity index (χ2n) is 5.82. The Kier molecular flexibility index (Phi) is 2.87. The van der Waals surface area contributed by atoms with Crippen molar-refractivity contribution in [3.05, 3.63) is 23.5 Å². The first-order chi connectivity index (χ1) is 10.6. The van der Waals surface area contributed by atoms with Crippen LogP contribution in [0.3, 0.4) is 0 Å². The maximum atomic E-state index is 13.9. The van der Waals surface area contributed by atoms with Gasteiger partial charge in [0.2, 0.25) is 0 Å². The SMILES string of the molecule is Cc1ncc2c(N3CCOC[C@H]4C(=N)[C@H]43)nc(F)nc2c1C. The highest BCUT2D eigenvalue weighted by Crippen LogP contribution is 2.38. The van der Waals surface area contributed by atoms with Crippen LogP contribution in [0.5, 0.6) is 0 Å². The number of hydrogen-bond donors (Lipinski definition) is 1. The molecule has 4 rings (SSSR count). The lowest BCUT2D eigenvalue weighted by Gasteiger charge is -2.23. The van der Waals surface area contributed by atoms with E-state index >= 15 is 0 Å². The van der Waals surface area contributed by atoms with Gasteiger partial charge in [-0.1, -0.05) is 0 Å². The number of ether oxygens (including phenoxy) is 1. The molecular weight excluding hydrogens is 285 g/mol. The molecule has 2 aliphatic rings. The van der Waals surface area contributed by atoms with Gasteiger partial charge in [-0.25, -0.2) is 4.98 Å². The lowest BCUT2D eigenvalue weighted by molar-refractivity contribution is 0.145. The number of aryl methyl sites for hydroxylation is 2. The Morgan fingerprint density at radius 3 is 3.00 bits per heavy atom. The minimum Gasteiger partial charge on any atom is -0.379 e. The van der Waals surface area contributed by atoms with Crippen LogP contribution in [-0.2, 0) is 4.74 Å². The van der Waals surface area contributed by atoms with E-state index in [9.17, 15) is 4.39 Å². The number of hydrogen-bond acceptors (Lipinski definition) is 6. The zero-order chi connectivity index (χ0) is 15.4. The second-order valence-corrected chi connectivity index (χ2v) is 5.82. The van der Waals surface area contributed by atoms with Gasteiger partial charge in [-0.15, -0.1) is 0 Å². The van der Waals surface area contributed by atoms with Gasteiger partial charge in [-0.2, -0.15) is 9.37 Å². The molecule has 2 fully saturated rings. The molecule has 0 radical (unpaired) electrons. The molecule has 0 amide bonds. The Bertz CT molecular complexity index is 793. The summed E-state index contributed by atoms with van der Waals surface area (Å²) in [6.07, 6.45) is 0.948. The normalized spacial score (nSPS) is 24.3. The van der Waals surface area contributed by atoms with E-state index in [2.05, 4.69) is 15.0 Å². The molecule has 22 heavy (non-hydrogen) atoms. The van der Waals surface area contributed by atoms with Gasteiger partial charge in [0, 0.05) is 30.1 Å². The lowest BCUT2D eigenvalue weighted by atomic mass is 10.1. The van der Waals surface area contributed by atoms with Crippen LogP contribution in [0, 0.1) is 31.3 Å². The van der Waals surface area contributed by atoms with Crippen molar-refractivity contribution in [2.24, 2.45) is 5.92 Å². The fraction of sp³-hybridized carbons (Fsp3) is 0.467. The largest absolute Gasteiger partial charge is 0.379 e. The Balaban J connectivity index is 1.91. The zero-order valence-corrected chi connectivity index (χ0v) is 12.4. The standard InChI is InChI=1S/C15H16FN5O/c1-7-8(2)18-5-9-12(7)19-15(16)20-14(9)21-3-4-22-6-10-11(17)13(10)21/h5,10,13,17H,3-4,6H2,1-2H3/t10-,13-/m0/s1. The molecule has 2 atom stereocenters. The molecule has 1 aliphatic heterocycles. The molecule has 0 unspecified atom stereocenters. The van der Waals surface area contributed by atoms with Crippen molar-refractivity contribution in [3.63, 3.8) is 0 Å². The van der Waals surface area contributed by atoms with Gasteiger partial charge in [0.25, 0.3) is 0 Å². The molecule has 2 aromatic heterocycles. The van der Waals surface area contributed by atoms with Gasteiger partial charge in [0.05, 0.1) is 30.2 Å². The molecule has 1 N–H and O–H groups in total. The number of rotatable bonds is 1. The van der Waals surface area contributed by atoms with Gasteiger partial charge < -0.3 is 15.0 Å². The Morgan fingerprint density at radius 1 is 1.36 bits per heavy atom. The summed E-state index contributed by atoms with van der Waals surface area (Å²) in [5, 5.41) is 8.73. The molecule has 7 heteroatoms. The molecule has 0 aromatic carbocycles. The highest BCUT2D eigenvalue weighted by atomic mass is 19.1. The van der Waals surface area contributed by atoms with Crippen molar-refractivity contribution >= 4 is 22.4 Å². The van der Waals surface area contributed by atoms with Crippen molar-refractivity contribution in [1.82, 2.24) is 15.0 Å². The van der Waals surface area contributed by atoms with E-state index in [-0.39, 0.29) is 12.0 Å². The monoisotopic (exact) mass is 301 g/mol. The summed E-state index contributed by atoms with van der Waals surface area (Å²) in [5.41, 5.74) is 2.90. The number of fused-ring (bicyclic) bond motifs is 2. The predicted molar refractivity (Wildman–Crippen MR) is 79.9 cm³/mol. The van der Waals surface area contributed by atoms with Crippen molar-refractivity contribution in [2.75, 3.05) is 24.7 Å². The quantitative estimate of drug-likeness (QED) is 0.810. The van der Waals surface area contributed by atoms with E-state index in [1.165, 1.54) is 0 Å². The molecule has 3 heterocycles. The molecule has 0 spiro atoms. The highest BCUT2D eigenvalue weighted by molar-refractivity contribution is 6.09. The van der Waals surface area contributed by atoms with E-state index in [1.807, 2.05) is 18.7 Å². The smallest absolute Gasteiger partial charge is 0.311 e. The minimum atomic E-state index is -0.745. The van der Waals surface area contributed by atoms with Crippen molar-refractivity contribution in [3.8, 4) is 0 Å². The summed E-state index contributed by atoms with van der Waals surface area (Å²) in [5.74, 6) is 0.607. The van der Waals surface area contributed by atoms with Crippen LogP contribution in [0.25, 0.3) is 10.9 Å². The van der Waals surface area contributed by atoms with Gasteiger partial charge in [-0.3, -0.25) is 4.98 Å². The first kappa shape index (κ1) is 13.5. The molecule has 0 bridgehead atoms. The summed E-state index contributed by atoms with van der Waals surface area (Å²) in [6, 6.07) is -0.0402. The average Bonchev–Trinajstić information content (AvgIpc) is 3.18. The van der Waals surface area contributed by atoms with Crippen LogP contribution in [0.1, 0.15) is 11.3 Å². The number of pyridine rings is 1. The Labute approximate surface area is 126 Å². The van der Waals surface area contributed by atoms with Crippen molar-refractivity contribution in [2.45, 2.75) is 19.9 Å². The van der Waals surface area contributed by atoms with E-state index in [4.69, 9.17) is 10.1 Å². The third kappa shape index (κ3) is 1.89. The molecule has 1 saturated carbocycles. The fourth-order valence-electron chi connectivity index (χ4n) is 3.10. The number of aromatic nitrogens is 3. The Hall–Kier alpha value is -2.15. The van der Waals surface area contributed by atoms with E-state index in [1.54, 1.807) is 6.20 Å². The van der Waals surface area contributed by atoms with Crippen molar-refractivity contribution in [1.29, 1.82) is 5.41 Å². The van der Waals surface area contributed by atoms with E-state index in [0.717, 1.165) is 16.6 Å². The van der Waals surface area contributed by atoms with E-state index < -0.39 is 6.08 Å². The van der Waals surface area contributed by atoms with Crippen LogP contribution in [-0.4, -0.2) is 46.5 Å². The highest BCUT2D eigenvalue weighted by Gasteiger charge is 2.51. The zero-order valence-electron chi connectivity index (χ0n) is 12.4. The third-order valence-corrected chi connectivity index (χ3v) is 4.56. The maximum Gasteiger partial charge on any atom is 0.311 e. The number of anilines is 1. The Morgan fingerprint density at radius 2 is 2.18 bits per heavy atom.